The lowest BCUT2D eigenvalue weighted by Gasteiger charge is -2.23. The Morgan fingerprint density at radius 3 is 2.57 bits per heavy atom. The minimum atomic E-state index is -2.86. The molecule has 1 amide bonds. The van der Waals surface area contributed by atoms with Gasteiger partial charge in [0, 0.05) is 13.6 Å². The van der Waals surface area contributed by atoms with Crippen LogP contribution in [-0.4, -0.2) is 52.5 Å². The van der Waals surface area contributed by atoms with Crippen molar-refractivity contribution < 1.29 is 18.3 Å². The summed E-state index contributed by atoms with van der Waals surface area (Å²) >= 11 is 0. The number of piperidine rings is 1. The Hall–Kier alpha value is -2.26. The molecule has 0 bridgehead atoms. The summed E-state index contributed by atoms with van der Waals surface area (Å²) in [5.74, 6) is -0.135. The van der Waals surface area contributed by atoms with Crippen LogP contribution in [0, 0.1) is 6.92 Å². The molecule has 0 radical (unpaired) electrons. The van der Waals surface area contributed by atoms with Crippen LogP contribution in [0.4, 0.5) is 8.78 Å². The molecule has 0 atom stereocenters. The Morgan fingerprint density at radius 1 is 1.32 bits per heavy atom. The summed E-state index contributed by atoms with van der Waals surface area (Å²) in [7, 11) is 1.68. The summed E-state index contributed by atoms with van der Waals surface area (Å²) in [5, 5.41) is 11.6. The second-order valence-corrected chi connectivity index (χ2v) is 6.63. The van der Waals surface area contributed by atoms with Gasteiger partial charge in [-0.3, -0.25) is 4.79 Å². The summed E-state index contributed by atoms with van der Waals surface area (Å²) in [6, 6.07) is 6.48. The van der Waals surface area contributed by atoms with Gasteiger partial charge in [-0.05, 0) is 50.6 Å². The Labute approximate surface area is 168 Å². The van der Waals surface area contributed by atoms with E-state index in [4.69, 9.17) is 0 Å². The average molecular weight is 416 g/mol. The molecule has 1 N–H and O–H groups in total. The van der Waals surface area contributed by atoms with Gasteiger partial charge in [0.2, 0.25) is 0 Å². The molecule has 0 aliphatic carbocycles. The first-order valence-electron chi connectivity index (χ1n) is 8.87. The molecule has 2 aromatic rings. The first-order chi connectivity index (χ1) is 13.0. The van der Waals surface area contributed by atoms with Crippen LogP contribution in [0.5, 0.6) is 5.75 Å². The van der Waals surface area contributed by atoms with Crippen molar-refractivity contribution in [3.8, 4) is 5.75 Å². The van der Waals surface area contributed by atoms with Crippen LogP contribution in [0.3, 0.4) is 0 Å². The van der Waals surface area contributed by atoms with Crippen LogP contribution in [0.1, 0.15) is 40.6 Å². The predicted molar refractivity (Wildman–Crippen MR) is 102 cm³/mol. The maximum Gasteiger partial charge on any atom is 0.387 e. The van der Waals surface area contributed by atoms with E-state index in [2.05, 4.69) is 20.4 Å². The van der Waals surface area contributed by atoms with Crippen molar-refractivity contribution in [2.75, 3.05) is 20.1 Å². The molecule has 1 aromatic carbocycles. The summed E-state index contributed by atoms with van der Waals surface area (Å²) in [4.78, 5) is 14.3. The number of hydrogen-bond acceptors (Lipinski definition) is 5. The number of halogens is 3. The van der Waals surface area contributed by atoms with Gasteiger partial charge in [-0.2, -0.15) is 8.78 Å². The Balaban J connectivity index is 0.00000280. The SMILES string of the molecule is Cc1c(C(=O)N(C)Cc2ccc(OC(F)F)cc2)nnn1C1CCNCC1.Cl. The van der Waals surface area contributed by atoms with Gasteiger partial charge in [0.25, 0.3) is 5.91 Å². The van der Waals surface area contributed by atoms with Crippen LogP contribution in [0.25, 0.3) is 0 Å². The molecule has 1 aliphatic heterocycles. The van der Waals surface area contributed by atoms with Gasteiger partial charge in [-0.15, -0.1) is 17.5 Å². The molecule has 28 heavy (non-hydrogen) atoms. The molecule has 154 valence electrons. The lowest BCUT2D eigenvalue weighted by atomic mass is 10.1. The van der Waals surface area contributed by atoms with Crippen molar-refractivity contribution >= 4 is 18.3 Å². The Morgan fingerprint density at radius 2 is 1.96 bits per heavy atom. The zero-order valence-corrected chi connectivity index (χ0v) is 16.6. The molecule has 1 saturated heterocycles. The maximum atomic E-state index is 12.8. The van der Waals surface area contributed by atoms with E-state index in [1.807, 2.05) is 11.6 Å². The van der Waals surface area contributed by atoms with Crippen molar-refractivity contribution in [3.05, 3.63) is 41.2 Å². The van der Waals surface area contributed by atoms with Crippen molar-refractivity contribution in [1.29, 1.82) is 0 Å². The quantitative estimate of drug-likeness (QED) is 0.785. The van der Waals surface area contributed by atoms with E-state index in [0.29, 0.717) is 12.2 Å². The summed E-state index contributed by atoms with van der Waals surface area (Å²) in [6.07, 6.45) is 1.92. The zero-order chi connectivity index (χ0) is 19.4. The van der Waals surface area contributed by atoms with Gasteiger partial charge in [0.1, 0.15) is 5.75 Å². The lowest BCUT2D eigenvalue weighted by Crippen LogP contribution is -2.30. The third kappa shape index (κ3) is 5.17. The Kier molecular flexibility index (Phi) is 7.70. The smallest absolute Gasteiger partial charge is 0.387 e. The third-order valence-electron chi connectivity index (χ3n) is 4.70. The fourth-order valence-electron chi connectivity index (χ4n) is 3.24. The van der Waals surface area contributed by atoms with E-state index in [9.17, 15) is 13.6 Å². The summed E-state index contributed by atoms with van der Waals surface area (Å²) < 4.78 is 30.6. The highest BCUT2D eigenvalue weighted by atomic mass is 35.5. The summed E-state index contributed by atoms with van der Waals surface area (Å²) in [5.41, 5.74) is 1.91. The highest BCUT2D eigenvalue weighted by molar-refractivity contribution is 5.93. The molecule has 0 spiro atoms. The minimum absolute atomic E-state index is 0. The predicted octanol–water partition coefficient (Wildman–Crippen LogP) is 2.81. The van der Waals surface area contributed by atoms with E-state index >= 15 is 0 Å². The molecule has 10 heteroatoms. The first-order valence-corrected chi connectivity index (χ1v) is 8.87. The number of ether oxygens (including phenoxy) is 1. The summed E-state index contributed by atoms with van der Waals surface area (Å²) in [6.45, 7) is 1.19. The molecule has 7 nitrogen and oxygen atoms in total. The minimum Gasteiger partial charge on any atom is -0.435 e. The normalized spacial score (nSPS) is 14.6. The largest absolute Gasteiger partial charge is 0.435 e. The number of aromatic nitrogens is 3. The van der Waals surface area contributed by atoms with Gasteiger partial charge in [0.05, 0.1) is 11.7 Å². The van der Waals surface area contributed by atoms with E-state index in [1.54, 1.807) is 19.2 Å². The molecule has 0 unspecified atom stereocenters. The van der Waals surface area contributed by atoms with Gasteiger partial charge < -0.3 is 15.0 Å². The highest BCUT2D eigenvalue weighted by Crippen LogP contribution is 2.21. The second-order valence-electron chi connectivity index (χ2n) is 6.63. The number of carbonyl (C=O) groups is 1. The average Bonchev–Trinajstić information content (AvgIpc) is 3.04. The number of nitrogens with one attached hydrogen (secondary N) is 1. The van der Waals surface area contributed by atoms with Gasteiger partial charge in [0.15, 0.2) is 5.69 Å². The van der Waals surface area contributed by atoms with E-state index in [1.165, 1.54) is 17.0 Å². The van der Waals surface area contributed by atoms with Crippen LogP contribution >= 0.6 is 12.4 Å². The molecule has 2 heterocycles. The number of rotatable bonds is 6. The number of benzene rings is 1. The monoisotopic (exact) mass is 415 g/mol. The van der Waals surface area contributed by atoms with Crippen molar-refractivity contribution in [1.82, 2.24) is 25.2 Å². The third-order valence-corrected chi connectivity index (χ3v) is 4.70. The highest BCUT2D eigenvalue weighted by Gasteiger charge is 2.24. The van der Waals surface area contributed by atoms with Crippen molar-refractivity contribution in [2.45, 2.75) is 39.0 Å². The van der Waals surface area contributed by atoms with E-state index in [0.717, 1.165) is 37.2 Å². The molecule has 1 fully saturated rings. The number of carbonyl (C=O) groups excluding carboxylic acids is 1. The number of amides is 1. The topological polar surface area (TPSA) is 72.3 Å². The van der Waals surface area contributed by atoms with Crippen LogP contribution in [-0.2, 0) is 6.54 Å². The first kappa shape index (κ1) is 22.0. The van der Waals surface area contributed by atoms with Crippen molar-refractivity contribution in [2.24, 2.45) is 0 Å². The van der Waals surface area contributed by atoms with Crippen LogP contribution in [0.15, 0.2) is 24.3 Å². The molecular weight excluding hydrogens is 392 g/mol. The van der Waals surface area contributed by atoms with E-state index < -0.39 is 6.61 Å². The Bertz CT molecular complexity index is 779. The number of nitrogens with zero attached hydrogens (tertiary/aromatic N) is 4. The van der Waals surface area contributed by atoms with Crippen LogP contribution in [0.2, 0.25) is 0 Å². The van der Waals surface area contributed by atoms with Crippen molar-refractivity contribution in [3.63, 3.8) is 0 Å². The molecule has 3 rings (SSSR count). The van der Waals surface area contributed by atoms with Gasteiger partial charge >= 0.3 is 6.61 Å². The lowest BCUT2D eigenvalue weighted by molar-refractivity contribution is -0.0498. The maximum absolute atomic E-state index is 12.8. The number of alkyl halides is 2. The van der Waals surface area contributed by atoms with Gasteiger partial charge in [-0.25, -0.2) is 4.68 Å². The molecule has 1 aliphatic rings. The van der Waals surface area contributed by atoms with Crippen LogP contribution < -0.4 is 10.1 Å². The zero-order valence-electron chi connectivity index (χ0n) is 15.8. The number of hydrogen-bond donors (Lipinski definition) is 1. The van der Waals surface area contributed by atoms with Gasteiger partial charge in [-0.1, -0.05) is 17.3 Å². The molecule has 0 saturated carbocycles. The fourth-order valence-corrected chi connectivity index (χ4v) is 3.24. The molecule has 1 aromatic heterocycles. The molecular formula is C18H24ClF2N5O2. The van der Waals surface area contributed by atoms with E-state index in [-0.39, 0.29) is 30.1 Å². The second kappa shape index (κ2) is 9.79. The standard InChI is InChI=1S/C18H23F2N5O2.ClH/c1-12-16(22-23-25(12)14-7-9-21-10-8-14)17(26)24(2)11-13-3-5-15(6-4-13)27-18(19)20;/h3-6,14,18,21H,7-11H2,1-2H3;1H. The fraction of sp³-hybridized carbons (Fsp3) is 0.500.